The Balaban J connectivity index is 1.64. The van der Waals surface area contributed by atoms with Gasteiger partial charge in [0.05, 0.1) is 11.4 Å². The number of rotatable bonds is 10. The molecule has 0 saturated carbocycles. The summed E-state index contributed by atoms with van der Waals surface area (Å²) in [5.74, 6) is -0.540. The van der Waals surface area contributed by atoms with Crippen LogP contribution in [0.2, 0.25) is 0 Å². The fraction of sp³-hybridized carbons (Fsp3) is 0.333. The van der Waals surface area contributed by atoms with E-state index in [0.29, 0.717) is 34.2 Å². The SMILES string of the molecule is CC(=O)Nc1nc(CCc2ccc(NC(=O)OC(C)(C)C)cc2)c(C(=O)NCc2ccc(CS(=O)O)cc2)s1. The fourth-order valence-corrected chi connectivity index (χ4v) is 4.95. The molecule has 10 nitrogen and oxygen atoms in total. The quantitative estimate of drug-likeness (QED) is 0.253. The van der Waals surface area contributed by atoms with Crippen molar-refractivity contribution < 1.29 is 27.9 Å². The molecule has 1 atom stereocenters. The Kier molecular flexibility index (Phi) is 10.3. The predicted molar refractivity (Wildman–Crippen MR) is 152 cm³/mol. The van der Waals surface area contributed by atoms with Crippen molar-refractivity contribution in [3.8, 4) is 0 Å². The first-order valence-electron chi connectivity index (χ1n) is 12.2. The number of aryl methyl sites for hydroxylation is 2. The third-order valence-electron chi connectivity index (χ3n) is 5.20. The summed E-state index contributed by atoms with van der Waals surface area (Å²) in [7, 11) is 0. The number of aromatic nitrogens is 1. The number of amides is 3. The van der Waals surface area contributed by atoms with E-state index < -0.39 is 22.8 Å². The minimum atomic E-state index is -1.91. The van der Waals surface area contributed by atoms with Crippen molar-refractivity contribution in [1.82, 2.24) is 10.3 Å². The second-order valence-electron chi connectivity index (χ2n) is 9.76. The zero-order valence-electron chi connectivity index (χ0n) is 22.2. The number of nitrogens with zero attached hydrogens (tertiary/aromatic N) is 1. The molecule has 0 aliphatic rings. The first-order chi connectivity index (χ1) is 18.4. The van der Waals surface area contributed by atoms with E-state index in [2.05, 4.69) is 20.9 Å². The van der Waals surface area contributed by atoms with Crippen LogP contribution in [0.5, 0.6) is 0 Å². The van der Waals surface area contributed by atoms with Crippen LogP contribution in [0.4, 0.5) is 15.6 Å². The standard InChI is InChI=1S/C27H32N4O6S2/c1-17(32)29-25-31-22(14-11-18-9-12-21(13-10-18)30-26(34)37-27(2,3)4)23(38-25)24(33)28-15-19-5-7-20(8-6-19)16-39(35)36/h5-10,12-13H,11,14-16H2,1-4H3,(H,28,33)(H,30,34)(H,35,36)(H,29,31,32). The molecule has 0 radical (unpaired) electrons. The van der Waals surface area contributed by atoms with Gasteiger partial charge in [-0.15, -0.1) is 0 Å². The van der Waals surface area contributed by atoms with E-state index in [-0.39, 0.29) is 24.1 Å². The van der Waals surface area contributed by atoms with Crippen LogP contribution in [0.1, 0.15) is 59.8 Å². The molecule has 208 valence electrons. The van der Waals surface area contributed by atoms with Crippen molar-refractivity contribution >= 4 is 51.1 Å². The smallest absolute Gasteiger partial charge is 0.412 e. The van der Waals surface area contributed by atoms with Crippen LogP contribution in [-0.4, -0.2) is 37.3 Å². The zero-order chi connectivity index (χ0) is 28.6. The molecule has 3 amide bonds. The highest BCUT2D eigenvalue weighted by Crippen LogP contribution is 2.25. The van der Waals surface area contributed by atoms with Gasteiger partial charge in [0.25, 0.3) is 5.91 Å². The summed E-state index contributed by atoms with van der Waals surface area (Å²) < 4.78 is 25.3. The number of benzene rings is 2. The van der Waals surface area contributed by atoms with Gasteiger partial charge in [0.2, 0.25) is 5.91 Å². The maximum atomic E-state index is 13.0. The Morgan fingerprint density at radius 1 is 0.949 bits per heavy atom. The highest BCUT2D eigenvalue weighted by atomic mass is 32.2. The third-order valence-corrected chi connectivity index (χ3v) is 6.79. The Labute approximate surface area is 233 Å². The van der Waals surface area contributed by atoms with E-state index in [0.717, 1.165) is 28.0 Å². The Hall–Kier alpha value is -3.61. The van der Waals surface area contributed by atoms with Crippen LogP contribution in [0.3, 0.4) is 0 Å². The number of ether oxygens (including phenoxy) is 1. The molecule has 2 aromatic carbocycles. The molecule has 12 heteroatoms. The second-order valence-corrected chi connectivity index (χ2v) is 11.7. The van der Waals surface area contributed by atoms with Crippen molar-refractivity contribution in [3.05, 3.63) is 75.8 Å². The van der Waals surface area contributed by atoms with E-state index in [4.69, 9.17) is 9.29 Å². The number of carbonyl (C=O) groups is 3. The zero-order valence-corrected chi connectivity index (χ0v) is 23.8. The molecular formula is C27H32N4O6S2. The lowest BCUT2D eigenvalue weighted by atomic mass is 10.1. The van der Waals surface area contributed by atoms with Gasteiger partial charge in [-0.1, -0.05) is 47.7 Å². The maximum absolute atomic E-state index is 13.0. The van der Waals surface area contributed by atoms with Gasteiger partial charge in [-0.2, -0.15) is 0 Å². The van der Waals surface area contributed by atoms with E-state index in [9.17, 15) is 18.6 Å². The number of hydrogen-bond donors (Lipinski definition) is 4. The Morgan fingerprint density at radius 2 is 1.56 bits per heavy atom. The largest absolute Gasteiger partial charge is 0.444 e. The lowest BCUT2D eigenvalue weighted by Gasteiger charge is -2.19. The predicted octanol–water partition coefficient (Wildman–Crippen LogP) is 4.89. The third kappa shape index (κ3) is 10.2. The number of thiazole rings is 1. The van der Waals surface area contributed by atoms with Crippen molar-refractivity contribution in [2.75, 3.05) is 10.6 Å². The highest BCUT2D eigenvalue weighted by molar-refractivity contribution is 7.78. The van der Waals surface area contributed by atoms with Gasteiger partial charge in [0.1, 0.15) is 10.5 Å². The van der Waals surface area contributed by atoms with Gasteiger partial charge in [0, 0.05) is 19.2 Å². The van der Waals surface area contributed by atoms with Crippen molar-refractivity contribution in [3.63, 3.8) is 0 Å². The average Bonchev–Trinajstić information content (AvgIpc) is 3.23. The van der Waals surface area contributed by atoms with Crippen molar-refractivity contribution in [2.24, 2.45) is 0 Å². The molecule has 0 aliphatic heterocycles. The van der Waals surface area contributed by atoms with E-state index in [1.54, 1.807) is 57.2 Å². The minimum absolute atomic E-state index is 0.0474. The lowest BCUT2D eigenvalue weighted by molar-refractivity contribution is -0.114. The molecule has 0 spiro atoms. The molecule has 4 N–H and O–H groups in total. The van der Waals surface area contributed by atoms with Crippen LogP contribution in [0.25, 0.3) is 0 Å². The van der Waals surface area contributed by atoms with Crippen molar-refractivity contribution in [2.45, 2.75) is 58.4 Å². The molecule has 0 aliphatic carbocycles. The topological polar surface area (TPSA) is 147 Å². The van der Waals surface area contributed by atoms with Crippen LogP contribution in [0.15, 0.2) is 48.5 Å². The minimum Gasteiger partial charge on any atom is -0.444 e. The molecule has 3 rings (SSSR count). The van der Waals surface area contributed by atoms with Crippen molar-refractivity contribution in [1.29, 1.82) is 0 Å². The summed E-state index contributed by atoms with van der Waals surface area (Å²) in [6.45, 7) is 7.02. The van der Waals surface area contributed by atoms with Gasteiger partial charge in [-0.25, -0.2) is 14.0 Å². The molecule has 39 heavy (non-hydrogen) atoms. The van der Waals surface area contributed by atoms with Crippen LogP contribution >= 0.6 is 11.3 Å². The maximum Gasteiger partial charge on any atom is 0.412 e. The second kappa shape index (κ2) is 13.5. The lowest BCUT2D eigenvalue weighted by Crippen LogP contribution is -2.27. The highest BCUT2D eigenvalue weighted by Gasteiger charge is 2.19. The number of carbonyl (C=O) groups excluding carboxylic acids is 3. The van der Waals surface area contributed by atoms with E-state index >= 15 is 0 Å². The van der Waals surface area contributed by atoms with Gasteiger partial charge < -0.3 is 19.9 Å². The Bertz CT molecular complexity index is 1330. The summed E-state index contributed by atoms with van der Waals surface area (Å²) in [6, 6.07) is 14.4. The summed E-state index contributed by atoms with van der Waals surface area (Å²) in [5, 5.41) is 8.57. The molecule has 3 aromatic rings. The van der Waals surface area contributed by atoms with Crippen LogP contribution in [-0.2, 0) is 45.8 Å². The monoisotopic (exact) mass is 572 g/mol. The molecular weight excluding hydrogens is 540 g/mol. The molecule has 0 saturated heterocycles. The van der Waals surface area contributed by atoms with Gasteiger partial charge in [-0.3, -0.25) is 14.9 Å². The first-order valence-corrected chi connectivity index (χ1v) is 14.3. The molecule has 1 aromatic heterocycles. The Morgan fingerprint density at radius 3 is 2.15 bits per heavy atom. The van der Waals surface area contributed by atoms with Crippen LogP contribution in [0, 0.1) is 0 Å². The summed E-state index contributed by atoms with van der Waals surface area (Å²) in [6.07, 6.45) is 0.519. The first kappa shape index (κ1) is 29.9. The molecule has 1 heterocycles. The van der Waals surface area contributed by atoms with Gasteiger partial charge >= 0.3 is 6.09 Å². The van der Waals surface area contributed by atoms with E-state index in [1.807, 2.05) is 12.1 Å². The number of nitrogens with one attached hydrogen (secondary N) is 3. The molecule has 0 bridgehead atoms. The van der Waals surface area contributed by atoms with Gasteiger partial charge in [0.15, 0.2) is 16.2 Å². The summed E-state index contributed by atoms with van der Waals surface area (Å²) >= 11 is -0.803. The summed E-state index contributed by atoms with van der Waals surface area (Å²) in [4.78, 5) is 41.4. The fourth-order valence-electron chi connectivity index (χ4n) is 3.50. The number of anilines is 2. The molecule has 0 fully saturated rings. The van der Waals surface area contributed by atoms with Crippen LogP contribution < -0.4 is 16.0 Å². The molecule has 1 unspecified atom stereocenters. The number of hydrogen-bond acceptors (Lipinski definition) is 7. The van der Waals surface area contributed by atoms with E-state index in [1.165, 1.54) is 6.92 Å². The average molecular weight is 573 g/mol. The summed E-state index contributed by atoms with van der Waals surface area (Å²) in [5.41, 5.74) is 3.12. The normalized spacial score (nSPS) is 11.9. The van der Waals surface area contributed by atoms with Gasteiger partial charge in [-0.05, 0) is 62.4 Å².